The van der Waals surface area contributed by atoms with Crippen LogP contribution in [0.25, 0.3) is 0 Å². The maximum atomic E-state index is 13.6. The molecule has 3 aliphatic rings. The van der Waals surface area contributed by atoms with Gasteiger partial charge in [-0.25, -0.2) is 9.18 Å². The summed E-state index contributed by atoms with van der Waals surface area (Å²) in [6.45, 7) is 3.54. The molecule has 1 saturated carbocycles. The van der Waals surface area contributed by atoms with Crippen molar-refractivity contribution >= 4 is 11.7 Å². The third kappa shape index (κ3) is 3.34. The Labute approximate surface area is 141 Å². The molecule has 0 bridgehead atoms. The van der Waals surface area contributed by atoms with Gasteiger partial charge in [0.1, 0.15) is 11.6 Å². The van der Waals surface area contributed by atoms with Gasteiger partial charge in [0.05, 0.1) is 18.9 Å². The number of amides is 2. The molecule has 4 rings (SSSR count). The summed E-state index contributed by atoms with van der Waals surface area (Å²) in [5, 5.41) is 2.82. The summed E-state index contributed by atoms with van der Waals surface area (Å²) in [6, 6.07) is 4.08. The second-order valence-electron chi connectivity index (χ2n) is 7.30. The quantitative estimate of drug-likeness (QED) is 0.919. The third-order valence-electron chi connectivity index (χ3n) is 5.27. The number of hydrogen-bond acceptors (Lipinski definition) is 3. The average molecular weight is 334 g/mol. The molecule has 24 heavy (non-hydrogen) atoms. The van der Waals surface area contributed by atoms with Crippen molar-refractivity contribution in [1.29, 1.82) is 0 Å². The van der Waals surface area contributed by atoms with Crippen LogP contribution in [0.3, 0.4) is 0 Å². The molecular formula is C18H23FN2O3. The molecule has 6 heteroatoms. The monoisotopic (exact) mass is 334 g/mol. The minimum absolute atomic E-state index is 0.116. The Morgan fingerprint density at radius 1 is 1.42 bits per heavy atom. The second-order valence-corrected chi connectivity index (χ2v) is 7.30. The second kappa shape index (κ2) is 6.24. The molecule has 0 radical (unpaired) electrons. The Hall–Kier alpha value is -1.82. The molecule has 130 valence electrons. The number of hydrogen-bond donors (Lipinski definition) is 1. The molecule has 0 aromatic heterocycles. The molecule has 3 fully saturated rings. The van der Waals surface area contributed by atoms with E-state index in [1.165, 1.54) is 25.0 Å². The van der Waals surface area contributed by atoms with Crippen molar-refractivity contribution in [2.75, 3.05) is 38.2 Å². The van der Waals surface area contributed by atoms with E-state index in [4.69, 9.17) is 9.47 Å². The molecule has 2 saturated heterocycles. The fourth-order valence-electron chi connectivity index (χ4n) is 3.49. The van der Waals surface area contributed by atoms with Gasteiger partial charge in [-0.05, 0) is 43.7 Å². The highest BCUT2D eigenvalue weighted by Crippen LogP contribution is 2.38. The number of nitrogens with one attached hydrogen (secondary N) is 1. The largest absolute Gasteiger partial charge is 0.491 e. The van der Waals surface area contributed by atoms with E-state index in [-0.39, 0.29) is 17.3 Å². The number of likely N-dealkylation sites (tertiary alicyclic amines) is 1. The lowest BCUT2D eigenvalue weighted by Crippen LogP contribution is -2.35. The van der Waals surface area contributed by atoms with Gasteiger partial charge in [-0.1, -0.05) is 0 Å². The molecule has 2 amide bonds. The van der Waals surface area contributed by atoms with E-state index >= 15 is 0 Å². The van der Waals surface area contributed by atoms with Crippen LogP contribution in [0.1, 0.15) is 25.7 Å². The number of urea groups is 1. The van der Waals surface area contributed by atoms with E-state index in [0.29, 0.717) is 37.1 Å². The predicted molar refractivity (Wildman–Crippen MR) is 87.7 cm³/mol. The van der Waals surface area contributed by atoms with Gasteiger partial charge in [-0.2, -0.15) is 0 Å². The summed E-state index contributed by atoms with van der Waals surface area (Å²) in [7, 11) is 0. The third-order valence-corrected chi connectivity index (χ3v) is 5.27. The maximum Gasteiger partial charge on any atom is 0.321 e. The number of carbonyl (C=O) groups is 1. The van der Waals surface area contributed by atoms with Crippen LogP contribution in [0.2, 0.25) is 0 Å². The minimum atomic E-state index is -0.383. The van der Waals surface area contributed by atoms with Gasteiger partial charge in [0, 0.05) is 31.2 Å². The first-order valence-electron chi connectivity index (χ1n) is 8.70. The van der Waals surface area contributed by atoms with Gasteiger partial charge in [0.2, 0.25) is 0 Å². The normalized spacial score (nSPS) is 26.1. The van der Waals surface area contributed by atoms with Crippen molar-refractivity contribution < 1.29 is 18.7 Å². The highest BCUT2D eigenvalue weighted by Gasteiger charge is 2.42. The predicted octanol–water partition coefficient (Wildman–Crippen LogP) is 3.26. The van der Waals surface area contributed by atoms with E-state index in [0.717, 1.165) is 26.1 Å². The number of halogens is 1. The van der Waals surface area contributed by atoms with Gasteiger partial charge in [-0.3, -0.25) is 0 Å². The molecule has 1 aromatic rings. The highest BCUT2D eigenvalue weighted by molar-refractivity contribution is 5.91. The van der Waals surface area contributed by atoms with Gasteiger partial charge < -0.3 is 19.7 Å². The number of anilines is 1. The summed E-state index contributed by atoms with van der Waals surface area (Å²) >= 11 is 0. The van der Waals surface area contributed by atoms with Crippen LogP contribution >= 0.6 is 0 Å². The van der Waals surface area contributed by atoms with Crippen molar-refractivity contribution in [3.63, 3.8) is 0 Å². The van der Waals surface area contributed by atoms with Gasteiger partial charge in [0.25, 0.3) is 0 Å². The van der Waals surface area contributed by atoms with Crippen LogP contribution in [0.5, 0.6) is 5.75 Å². The molecule has 2 heterocycles. The Kier molecular flexibility index (Phi) is 4.08. The molecular weight excluding hydrogens is 311 g/mol. The summed E-state index contributed by atoms with van der Waals surface area (Å²) in [4.78, 5) is 14.4. The van der Waals surface area contributed by atoms with Gasteiger partial charge in [-0.15, -0.1) is 0 Å². The Bertz CT molecular complexity index is 627. The smallest absolute Gasteiger partial charge is 0.321 e. The first kappa shape index (κ1) is 15.7. The zero-order chi connectivity index (χ0) is 16.6. The number of nitrogens with zero attached hydrogens (tertiary/aromatic N) is 1. The number of benzene rings is 1. The van der Waals surface area contributed by atoms with Crippen LogP contribution in [0.4, 0.5) is 14.9 Å². The van der Waals surface area contributed by atoms with Crippen molar-refractivity contribution in [3.05, 3.63) is 24.0 Å². The van der Waals surface area contributed by atoms with E-state index in [9.17, 15) is 9.18 Å². The lowest BCUT2D eigenvalue weighted by molar-refractivity contribution is 0.154. The molecule has 1 atom stereocenters. The van der Waals surface area contributed by atoms with E-state index in [2.05, 4.69) is 5.32 Å². The first-order valence-corrected chi connectivity index (χ1v) is 8.70. The molecule has 1 aliphatic carbocycles. The average Bonchev–Trinajstić information content (AvgIpc) is 3.13. The highest BCUT2D eigenvalue weighted by atomic mass is 19.1. The minimum Gasteiger partial charge on any atom is -0.491 e. The lowest BCUT2D eigenvalue weighted by atomic mass is 9.87. The van der Waals surface area contributed by atoms with Crippen LogP contribution in [0.15, 0.2) is 18.2 Å². The fraction of sp³-hybridized carbons (Fsp3) is 0.611. The zero-order valence-corrected chi connectivity index (χ0v) is 13.7. The van der Waals surface area contributed by atoms with Crippen LogP contribution in [0, 0.1) is 17.2 Å². The number of ether oxygens (including phenoxy) is 2. The van der Waals surface area contributed by atoms with Crippen molar-refractivity contribution in [3.8, 4) is 5.75 Å². The summed E-state index contributed by atoms with van der Waals surface area (Å²) in [5.74, 6) is 0.750. The number of carbonyl (C=O) groups excluding carboxylic acids is 1. The van der Waals surface area contributed by atoms with Crippen molar-refractivity contribution in [2.24, 2.45) is 11.3 Å². The summed E-state index contributed by atoms with van der Waals surface area (Å²) in [5.41, 5.74) is 0.522. The Morgan fingerprint density at radius 2 is 2.29 bits per heavy atom. The van der Waals surface area contributed by atoms with Crippen LogP contribution in [-0.2, 0) is 4.74 Å². The van der Waals surface area contributed by atoms with Gasteiger partial charge in [0.15, 0.2) is 0 Å². The van der Waals surface area contributed by atoms with Crippen LogP contribution in [-0.4, -0.2) is 43.8 Å². The molecule has 1 unspecified atom stereocenters. The maximum absolute atomic E-state index is 13.6. The Morgan fingerprint density at radius 3 is 3.04 bits per heavy atom. The summed E-state index contributed by atoms with van der Waals surface area (Å²) in [6.07, 6.45) is 4.34. The zero-order valence-electron chi connectivity index (χ0n) is 13.7. The first-order chi connectivity index (χ1) is 11.6. The lowest BCUT2D eigenvalue weighted by Gasteiger charge is -2.22. The van der Waals surface area contributed by atoms with E-state index in [1.54, 1.807) is 11.0 Å². The molecule has 2 aliphatic heterocycles. The Balaban J connectivity index is 1.42. The van der Waals surface area contributed by atoms with Crippen molar-refractivity contribution in [2.45, 2.75) is 25.7 Å². The van der Waals surface area contributed by atoms with Crippen LogP contribution < -0.4 is 10.1 Å². The van der Waals surface area contributed by atoms with Gasteiger partial charge >= 0.3 is 6.03 Å². The molecule has 1 spiro atoms. The SMILES string of the molecule is O=C(Nc1cc(F)ccc1OCC1CC1)N1CCC2(CCOC2)C1. The van der Waals surface area contributed by atoms with Crippen molar-refractivity contribution in [1.82, 2.24) is 4.90 Å². The number of rotatable bonds is 4. The standard InChI is InChI=1S/C18H23FN2O3/c19-14-3-4-16(24-10-13-1-2-13)15(9-14)20-17(22)21-7-5-18(11-21)6-8-23-12-18/h3-4,9,13H,1-2,5-8,10-12H2,(H,20,22). The molecule has 1 aromatic carbocycles. The van der Waals surface area contributed by atoms with E-state index < -0.39 is 0 Å². The summed E-state index contributed by atoms with van der Waals surface area (Å²) < 4.78 is 24.8. The fourth-order valence-corrected chi connectivity index (χ4v) is 3.49. The van der Waals surface area contributed by atoms with E-state index in [1.807, 2.05) is 0 Å². The molecule has 5 nitrogen and oxygen atoms in total. The topological polar surface area (TPSA) is 50.8 Å². The molecule has 1 N–H and O–H groups in total.